The number of urea groups is 1. The largest absolute Gasteiger partial charge is 0.480 e. The first-order valence-electron chi connectivity index (χ1n) is 5.24. The molecule has 0 saturated heterocycles. The first kappa shape index (κ1) is 16.1. The van der Waals surface area contributed by atoms with Crippen LogP contribution in [0, 0.1) is 0 Å². The highest BCUT2D eigenvalue weighted by Gasteiger charge is 2.20. The molecule has 1 rings (SSSR count). The van der Waals surface area contributed by atoms with E-state index in [9.17, 15) is 14.4 Å². The van der Waals surface area contributed by atoms with Gasteiger partial charge in [-0.1, -0.05) is 23.2 Å². The first-order valence-corrected chi connectivity index (χ1v) is 5.99. The smallest absolute Gasteiger partial charge is 0.323 e. The van der Waals surface area contributed by atoms with Crippen LogP contribution in [0.2, 0.25) is 10.0 Å². The third-order valence-corrected chi connectivity index (χ3v) is 2.66. The summed E-state index contributed by atoms with van der Waals surface area (Å²) in [5, 5.41) is 20.1. The standard InChI is InChI=1S/C11H10Cl2N2O5/c12-6-1-2-8(7(13)3-6)14-11(20)15(4-9(16)17)5-10(18)19/h1-3H,4-5H2,(H,14,20)(H,16,17)(H,18,19). The zero-order chi connectivity index (χ0) is 15.3. The number of carbonyl (C=O) groups excluding carboxylic acids is 1. The van der Waals surface area contributed by atoms with E-state index in [2.05, 4.69) is 5.32 Å². The summed E-state index contributed by atoms with van der Waals surface area (Å²) in [5.41, 5.74) is 0.196. The highest BCUT2D eigenvalue weighted by atomic mass is 35.5. The third kappa shape index (κ3) is 4.94. The van der Waals surface area contributed by atoms with Crippen molar-refractivity contribution in [1.82, 2.24) is 4.90 Å². The molecule has 0 aliphatic carbocycles. The monoisotopic (exact) mass is 320 g/mol. The van der Waals surface area contributed by atoms with Crippen molar-refractivity contribution in [2.24, 2.45) is 0 Å². The number of amides is 2. The first-order chi connectivity index (χ1) is 9.29. The van der Waals surface area contributed by atoms with Crippen molar-refractivity contribution in [1.29, 1.82) is 0 Å². The molecule has 108 valence electrons. The SMILES string of the molecule is O=C(O)CN(CC(=O)O)C(=O)Nc1ccc(Cl)cc1Cl. The van der Waals surface area contributed by atoms with E-state index in [1.165, 1.54) is 18.2 Å². The van der Waals surface area contributed by atoms with Crippen molar-refractivity contribution in [3.05, 3.63) is 28.2 Å². The molecule has 20 heavy (non-hydrogen) atoms. The fourth-order valence-corrected chi connectivity index (χ4v) is 1.77. The Morgan fingerprint density at radius 3 is 2.10 bits per heavy atom. The van der Waals surface area contributed by atoms with Gasteiger partial charge in [0.1, 0.15) is 13.1 Å². The van der Waals surface area contributed by atoms with Crippen molar-refractivity contribution < 1.29 is 24.6 Å². The fourth-order valence-electron chi connectivity index (χ4n) is 1.31. The number of anilines is 1. The van der Waals surface area contributed by atoms with Crippen LogP contribution in [-0.4, -0.2) is 46.2 Å². The maximum Gasteiger partial charge on any atom is 0.323 e. The summed E-state index contributed by atoms with van der Waals surface area (Å²) in [6.45, 7) is -1.49. The Labute approximate surface area is 123 Å². The van der Waals surface area contributed by atoms with Crippen molar-refractivity contribution in [2.75, 3.05) is 18.4 Å². The van der Waals surface area contributed by atoms with Crippen LogP contribution in [0.25, 0.3) is 0 Å². The number of rotatable bonds is 5. The summed E-state index contributed by atoms with van der Waals surface area (Å²) >= 11 is 11.5. The minimum Gasteiger partial charge on any atom is -0.480 e. The van der Waals surface area contributed by atoms with Gasteiger partial charge in [-0.15, -0.1) is 0 Å². The molecule has 0 aromatic heterocycles. The molecule has 0 aliphatic rings. The van der Waals surface area contributed by atoms with Gasteiger partial charge in [-0.2, -0.15) is 0 Å². The van der Waals surface area contributed by atoms with Crippen LogP contribution in [0.1, 0.15) is 0 Å². The van der Waals surface area contributed by atoms with Crippen LogP contribution in [0.4, 0.5) is 10.5 Å². The van der Waals surface area contributed by atoms with Gasteiger partial charge in [0.15, 0.2) is 0 Å². The summed E-state index contributed by atoms with van der Waals surface area (Å²) in [4.78, 5) is 33.6. The van der Waals surface area contributed by atoms with E-state index in [4.69, 9.17) is 33.4 Å². The van der Waals surface area contributed by atoms with Crippen LogP contribution in [-0.2, 0) is 9.59 Å². The van der Waals surface area contributed by atoms with E-state index in [0.29, 0.717) is 9.92 Å². The molecular formula is C11H10Cl2N2O5. The summed E-state index contributed by atoms with van der Waals surface area (Å²) in [5.74, 6) is -2.66. The molecule has 3 N–H and O–H groups in total. The molecule has 0 radical (unpaired) electrons. The number of halogens is 2. The molecule has 9 heteroatoms. The number of nitrogens with one attached hydrogen (secondary N) is 1. The van der Waals surface area contributed by atoms with Gasteiger partial charge in [0, 0.05) is 5.02 Å². The van der Waals surface area contributed by atoms with Gasteiger partial charge in [0.25, 0.3) is 0 Å². The summed E-state index contributed by atoms with van der Waals surface area (Å²) in [6, 6.07) is 3.39. The lowest BCUT2D eigenvalue weighted by atomic mass is 10.3. The Kier molecular flexibility index (Phi) is 5.60. The topological polar surface area (TPSA) is 107 Å². The van der Waals surface area contributed by atoms with E-state index in [0.717, 1.165) is 0 Å². The molecule has 2 amide bonds. The van der Waals surface area contributed by atoms with Gasteiger partial charge < -0.3 is 20.4 Å². The maximum absolute atomic E-state index is 11.8. The molecular weight excluding hydrogens is 311 g/mol. The molecule has 1 aromatic rings. The lowest BCUT2D eigenvalue weighted by Gasteiger charge is -2.19. The Balaban J connectivity index is 2.84. The number of carbonyl (C=O) groups is 3. The second-order valence-corrected chi connectivity index (χ2v) is 4.54. The highest BCUT2D eigenvalue weighted by Crippen LogP contribution is 2.25. The molecule has 0 atom stereocenters. The van der Waals surface area contributed by atoms with Crippen LogP contribution in [0.5, 0.6) is 0 Å². The number of nitrogens with zero attached hydrogens (tertiary/aromatic N) is 1. The van der Waals surface area contributed by atoms with E-state index in [1.54, 1.807) is 0 Å². The van der Waals surface area contributed by atoms with Crippen molar-refractivity contribution in [3.63, 3.8) is 0 Å². The maximum atomic E-state index is 11.8. The number of hydrogen-bond acceptors (Lipinski definition) is 3. The zero-order valence-electron chi connectivity index (χ0n) is 9.97. The average Bonchev–Trinajstić information content (AvgIpc) is 2.30. The van der Waals surface area contributed by atoms with Gasteiger partial charge in [-0.3, -0.25) is 9.59 Å². The normalized spacial score (nSPS) is 9.90. The van der Waals surface area contributed by atoms with E-state index < -0.39 is 31.1 Å². The lowest BCUT2D eigenvalue weighted by Crippen LogP contribution is -2.41. The Morgan fingerprint density at radius 2 is 1.65 bits per heavy atom. The van der Waals surface area contributed by atoms with Gasteiger partial charge in [-0.25, -0.2) is 4.79 Å². The number of carboxylic acids is 2. The summed E-state index contributed by atoms with van der Waals surface area (Å²) < 4.78 is 0. The zero-order valence-corrected chi connectivity index (χ0v) is 11.5. The Morgan fingerprint density at radius 1 is 1.10 bits per heavy atom. The molecule has 0 fully saturated rings. The molecule has 0 saturated carbocycles. The minimum atomic E-state index is -1.33. The number of hydrogen-bond donors (Lipinski definition) is 3. The Bertz CT molecular complexity index is 534. The molecule has 0 aliphatic heterocycles. The third-order valence-electron chi connectivity index (χ3n) is 2.11. The molecule has 1 aromatic carbocycles. The second kappa shape index (κ2) is 6.97. The van der Waals surface area contributed by atoms with E-state index in [1.807, 2.05) is 0 Å². The number of benzene rings is 1. The molecule has 0 heterocycles. The number of carboxylic acid groups (broad SMARTS) is 2. The Hall–Kier alpha value is -1.99. The van der Waals surface area contributed by atoms with Crippen molar-refractivity contribution >= 4 is 46.9 Å². The molecule has 0 bridgehead atoms. The van der Waals surface area contributed by atoms with Gasteiger partial charge >= 0.3 is 18.0 Å². The van der Waals surface area contributed by atoms with Crippen LogP contribution < -0.4 is 5.32 Å². The quantitative estimate of drug-likeness (QED) is 0.769. The van der Waals surface area contributed by atoms with Crippen molar-refractivity contribution in [2.45, 2.75) is 0 Å². The summed E-state index contributed by atoms with van der Waals surface area (Å²) in [7, 11) is 0. The fraction of sp³-hybridized carbons (Fsp3) is 0.182. The molecule has 0 spiro atoms. The molecule has 7 nitrogen and oxygen atoms in total. The second-order valence-electron chi connectivity index (χ2n) is 3.70. The van der Waals surface area contributed by atoms with E-state index in [-0.39, 0.29) is 10.7 Å². The van der Waals surface area contributed by atoms with Crippen molar-refractivity contribution in [3.8, 4) is 0 Å². The van der Waals surface area contributed by atoms with Gasteiger partial charge in [0.2, 0.25) is 0 Å². The predicted molar refractivity (Wildman–Crippen MR) is 72.3 cm³/mol. The van der Waals surface area contributed by atoms with Crippen LogP contribution in [0.15, 0.2) is 18.2 Å². The minimum absolute atomic E-state index is 0.149. The van der Waals surface area contributed by atoms with Crippen LogP contribution >= 0.6 is 23.2 Å². The van der Waals surface area contributed by atoms with Gasteiger partial charge in [-0.05, 0) is 18.2 Å². The number of aliphatic carboxylic acids is 2. The lowest BCUT2D eigenvalue weighted by molar-refractivity contribution is -0.140. The van der Waals surface area contributed by atoms with Crippen LogP contribution in [0.3, 0.4) is 0 Å². The average molecular weight is 321 g/mol. The predicted octanol–water partition coefficient (Wildman–Crippen LogP) is 2.00. The molecule has 0 unspecified atom stereocenters. The highest BCUT2D eigenvalue weighted by molar-refractivity contribution is 6.36. The van der Waals surface area contributed by atoms with E-state index >= 15 is 0 Å². The van der Waals surface area contributed by atoms with Gasteiger partial charge in [0.05, 0.1) is 10.7 Å². The summed E-state index contributed by atoms with van der Waals surface area (Å²) in [6.07, 6.45) is 0.